The zero-order chi connectivity index (χ0) is 31.1. The molecule has 3 N–H and O–H groups in total. The molecule has 0 bridgehead atoms. The molecule has 0 radical (unpaired) electrons. The van der Waals surface area contributed by atoms with E-state index in [0.717, 1.165) is 17.5 Å². The van der Waals surface area contributed by atoms with Crippen LogP contribution in [0.2, 0.25) is 0 Å². The Kier molecular flexibility index (Phi) is 11.2. The van der Waals surface area contributed by atoms with E-state index in [1.807, 2.05) is 58.0 Å². The smallest absolute Gasteiger partial charge is 0.255 e. The number of aliphatic hydroxyl groups is 1. The van der Waals surface area contributed by atoms with Crippen molar-refractivity contribution in [1.29, 1.82) is 0 Å². The first-order valence-corrected chi connectivity index (χ1v) is 16.7. The molecule has 0 spiro atoms. The van der Waals surface area contributed by atoms with Crippen LogP contribution in [0.1, 0.15) is 58.1 Å². The van der Waals surface area contributed by atoms with Crippen molar-refractivity contribution in [3.05, 3.63) is 59.7 Å². The number of aliphatic hydroxyl groups excluding tert-OH is 1. The number of carbonyl (C=O) groups excluding carboxylic acids is 2. The number of hydrazine groups is 1. The van der Waals surface area contributed by atoms with Crippen LogP contribution < -0.4 is 15.5 Å². The summed E-state index contributed by atoms with van der Waals surface area (Å²) in [6.07, 6.45) is 1.20. The highest BCUT2D eigenvalue weighted by molar-refractivity contribution is 7.89. The first-order chi connectivity index (χ1) is 20.5. The Morgan fingerprint density at radius 1 is 1.07 bits per heavy atom. The quantitative estimate of drug-likeness (QED) is 0.296. The minimum atomic E-state index is -4.00. The van der Waals surface area contributed by atoms with Gasteiger partial charge in [0.25, 0.3) is 5.91 Å². The summed E-state index contributed by atoms with van der Waals surface area (Å²) >= 11 is 0. The van der Waals surface area contributed by atoms with Crippen LogP contribution in [0.15, 0.2) is 53.4 Å². The molecule has 0 aromatic heterocycles. The Labute approximate surface area is 255 Å². The highest BCUT2D eigenvalue weighted by Crippen LogP contribution is 2.29. The molecule has 2 aliphatic heterocycles. The van der Waals surface area contributed by atoms with E-state index < -0.39 is 28.2 Å². The lowest BCUT2D eigenvalue weighted by Gasteiger charge is -2.38. The Morgan fingerprint density at radius 3 is 2.47 bits per heavy atom. The molecular weight excluding hydrogens is 568 g/mol. The van der Waals surface area contributed by atoms with Gasteiger partial charge in [0.2, 0.25) is 15.9 Å². The summed E-state index contributed by atoms with van der Waals surface area (Å²) in [5.41, 5.74) is 4.50. The fourth-order valence-electron chi connectivity index (χ4n) is 5.62. The molecule has 2 aromatic rings. The topological polar surface area (TPSA) is 128 Å². The van der Waals surface area contributed by atoms with Crippen molar-refractivity contribution in [3.8, 4) is 5.75 Å². The molecule has 4 rings (SSSR count). The third-order valence-corrected chi connectivity index (χ3v) is 9.61. The summed E-state index contributed by atoms with van der Waals surface area (Å²) in [6.45, 7) is 8.80. The molecule has 236 valence electrons. The van der Waals surface area contributed by atoms with Gasteiger partial charge in [-0.1, -0.05) is 58.0 Å². The van der Waals surface area contributed by atoms with Crippen LogP contribution in [0.3, 0.4) is 0 Å². The zero-order valence-electron chi connectivity index (χ0n) is 25.7. The Morgan fingerprint density at radius 2 is 1.81 bits per heavy atom. The van der Waals surface area contributed by atoms with Gasteiger partial charge in [0, 0.05) is 25.9 Å². The van der Waals surface area contributed by atoms with Gasteiger partial charge in [0.15, 0.2) is 0 Å². The largest absolute Gasteiger partial charge is 0.493 e. The van der Waals surface area contributed by atoms with Crippen molar-refractivity contribution in [2.24, 2.45) is 11.8 Å². The number of nitrogens with one attached hydrogen (secondary N) is 2. The van der Waals surface area contributed by atoms with Crippen molar-refractivity contribution in [3.63, 3.8) is 0 Å². The van der Waals surface area contributed by atoms with E-state index in [-0.39, 0.29) is 54.5 Å². The number of carbonyl (C=O) groups is 2. The lowest BCUT2D eigenvalue weighted by Crippen LogP contribution is -2.61. The number of nitrogens with zero attached hydrogens (tertiary/aromatic N) is 2. The van der Waals surface area contributed by atoms with Gasteiger partial charge in [-0.15, -0.1) is 0 Å². The first kappa shape index (κ1) is 32.9. The van der Waals surface area contributed by atoms with Crippen molar-refractivity contribution in [1.82, 2.24) is 20.1 Å². The first-order valence-electron chi connectivity index (χ1n) is 15.3. The summed E-state index contributed by atoms with van der Waals surface area (Å²) < 4.78 is 34.9. The Bertz CT molecular complexity index is 1340. The molecule has 1 fully saturated rings. The van der Waals surface area contributed by atoms with Crippen LogP contribution in [0.25, 0.3) is 0 Å². The molecule has 1 saturated heterocycles. The van der Waals surface area contributed by atoms with Crippen molar-refractivity contribution in [2.45, 2.75) is 82.9 Å². The average molecular weight is 615 g/mol. The molecule has 0 saturated carbocycles. The monoisotopic (exact) mass is 614 g/mol. The molecule has 2 aromatic carbocycles. The normalized spacial score (nSPS) is 18.0. The number of hydrogen-bond donors (Lipinski definition) is 3. The molecule has 2 heterocycles. The number of sulfonamides is 1. The second-order valence-corrected chi connectivity index (χ2v) is 14.3. The van der Waals surface area contributed by atoms with Crippen LogP contribution in [0, 0.1) is 11.8 Å². The van der Waals surface area contributed by atoms with Crippen LogP contribution >= 0.6 is 0 Å². The lowest BCUT2D eigenvalue weighted by molar-refractivity contribution is -0.149. The molecule has 10 nitrogen and oxygen atoms in total. The third kappa shape index (κ3) is 8.56. The van der Waals surface area contributed by atoms with E-state index in [9.17, 15) is 23.1 Å². The van der Waals surface area contributed by atoms with Gasteiger partial charge in [-0.25, -0.2) is 13.4 Å². The minimum Gasteiger partial charge on any atom is -0.493 e. The predicted octanol–water partition coefficient (Wildman–Crippen LogP) is 2.90. The van der Waals surface area contributed by atoms with Crippen molar-refractivity contribution in [2.75, 3.05) is 26.2 Å². The number of rotatable bonds is 13. The maximum absolute atomic E-state index is 14.0. The van der Waals surface area contributed by atoms with E-state index >= 15 is 0 Å². The van der Waals surface area contributed by atoms with Crippen LogP contribution in [-0.4, -0.2) is 79.1 Å². The second-order valence-electron chi connectivity index (χ2n) is 12.4. The van der Waals surface area contributed by atoms with Gasteiger partial charge >= 0.3 is 0 Å². The fourth-order valence-corrected chi connectivity index (χ4v) is 7.29. The van der Waals surface area contributed by atoms with Gasteiger partial charge in [0.1, 0.15) is 5.75 Å². The number of amides is 2. The predicted molar refractivity (Wildman–Crippen MR) is 165 cm³/mol. The van der Waals surface area contributed by atoms with Gasteiger partial charge in [-0.05, 0) is 67.0 Å². The summed E-state index contributed by atoms with van der Waals surface area (Å²) in [5.74, 6) is -0.0130. The number of ether oxygens (including phenoxy) is 1. The van der Waals surface area contributed by atoms with E-state index in [1.165, 1.54) is 15.4 Å². The minimum absolute atomic E-state index is 0.00707. The van der Waals surface area contributed by atoms with Gasteiger partial charge in [0.05, 0.1) is 29.7 Å². The average Bonchev–Trinajstić information content (AvgIpc) is 3.66. The molecule has 2 aliphatic rings. The van der Waals surface area contributed by atoms with Gasteiger partial charge in [-0.3, -0.25) is 15.0 Å². The second kappa shape index (κ2) is 14.7. The molecule has 1 unspecified atom stereocenters. The van der Waals surface area contributed by atoms with Gasteiger partial charge in [-0.2, -0.15) is 4.31 Å². The summed E-state index contributed by atoms with van der Waals surface area (Å²) in [6, 6.07) is 12.9. The standard InChI is InChI=1S/C32H46N4O6S/c1-22(2)17-31(38)36(34-32(39)27-11-8-15-33-27)28(18-24-9-6-5-7-10-24)29(37)21-35(20-23(3)4)43(40,41)26-12-13-30-25(19-26)14-16-42-30/h5-7,9-10,12-13,19,22-23,27-29,33,37H,8,11,14-18,20-21H2,1-4H3,(H,34,39)/t27?,28-,29+/m0/s1. The fraction of sp³-hybridized carbons (Fsp3) is 0.562. The molecular formula is C32H46N4O6S. The van der Waals surface area contributed by atoms with E-state index in [4.69, 9.17) is 4.74 Å². The van der Waals surface area contributed by atoms with Crippen LogP contribution in [0.4, 0.5) is 0 Å². The van der Waals surface area contributed by atoms with Crippen molar-refractivity contribution < 1.29 is 27.9 Å². The van der Waals surface area contributed by atoms with Crippen LogP contribution in [-0.2, 0) is 32.5 Å². The van der Waals surface area contributed by atoms with E-state index in [0.29, 0.717) is 31.7 Å². The maximum Gasteiger partial charge on any atom is 0.255 e. The number of fused-ring (bicyclic) bond motifs is 1. The summed E-state index contributed by atoms with van der Waals surface area (Å²) in [4.78, 5) is 27.1. The Balaban J connectivity index is 1.68. The zero-order valence-corrected chi connectivity index (χ0v) is 26.5. The maximum atomic E-state index is 14.0. The third-order valence-electron chi connectivity index (χ3n) is 7.78. The molecule has 0 aliphatic carbocycles. The number of hydrogen-bond acceptors (Lipinski definition) is 7. The summed E-state index contributed by atoms with van der Waals surface area (Å²) in [7, 11) is -4.00. The van der Waals surface area contributed by atoms with E-state index in [1.54, 1.807) is 12.1 Å². The summed E-state index contributed by atoms with van der Waals surface area (Å²) in [5, 5.41) is 16.3. The SMILES string of the molecule is CC(C)CC(=O)N(NC(=O)C1CCCN1)[C@@H](Cc1ccccc1)[C@H](O)CN(CC(C)C)S(=O)(=O)c1ccc2c(c1)CCO2. The molecule has 3 atom stereocenters. The number of benzene rings is 2. The van der Waals surface area contributed by atoms with Crippen molar-refractivity contribution >= 4 is 21.8 Å². The molecule has 2 amide bonds. The Hall–Kier alpha value is -2.99. The van der Waals surface area contributed by atoms with Crippen LogP contribution in [0.5, 0.6) is 5.75 Å². The highest BCUT2D eigenvalue weighted by atomic mass is 32.2. The lowest BCUT2D eigenvalue weighted by atomic mass is 9.99. The molecule has 43 heavy (non-hydrogen) atoms. The van der Waals surface area contributed by atoms with Gasteiger partial charge < -0.3 is 15.2 Å². The molecule has 11 heteroatoms. The van der Waals surface area contributed by atoms with E-state index in [2.05, 4.69) is 10.7 Å². The highest BCUT2D eigenvalue weighted by Gasteiger charge is 2.37.